The Kier molecular flexibility index (Phi) is 6.81. The first-order valence-corrected chi connectivity index (χ1v) is 7.77. The Morgan fingerprint density at radius 1 is 1.38 bits per heavy atom. The number of hydrogen-bond acceptors (Lipinski definition) is 4. The second-order valence-corrected chi connectivity index (χ2v) is 6.47. The number of aromatic nitrogens is 3. The molecule has 1 aromatic rings. The van der Waals surface area contributed by atoms with Crippen LogP contribution in [0, 0.1) is 0 Å². The van der Waals surface area contributed by atoms with Crippen molar-refractivity contribution < 1.29 is 4.79 Å². The van der Waals surface area contributed by atoms with E-state index in [-0.39, 0.29) is 17.5 Å². The summed E-state index contributed by atoms with van der Waals surface area (Å²) in [5.74, 6) is -0.00802. The molecule has 1 aromatic heterocycles. The maximum Gasteiger partial charge on any atom is 0.244 e. The molecule has 0 spiro atoms. The minimum Gasteiger partial charge on any atom is -0.354 e. The first-order chi connectivity index (χ1) is 9.83. The summed E-state index contributed by atoms with van der Waals surface area (Å²) in [6.45, 7) is 11.7. The summed E-state index contributed by atoms with van der Waals surface area (Å²) in [4.78, 5) is 12.0. The van der Waals surface area contributed by atoms with Gasteiger partial charge in [-0.2, -0.15) is 0 Å². The van der Waals surface area contributed by atoms with Crippen molar-refractivity contribution in [1.29, 1.82) is 0 Å². The highest BCUT2D eigenvalue weighted by molar-refractivity contribution is 5.79. The van der Waals surface area contributed by atoms with Crippen molar-refractivity contribution in [1.82, 2.24) is 25.6 Å². The van der Waals surface area contributed by atoms with Crippen molar-refractivity contribution >= 4 is 5.91 Å². The maximum absolute atomic E-state index is 12.0. The SMILES string of the molecule is CCCCCNC(=O)C(C)n1cc(CNC(C)(C)C)nn1. The van der Waals surface area contributed by atoms with E-state index in [0.717, 1.165) is 31.5 Å². The van der Waals surface area contributed by atoms with Gasteiger partial charge < -0.3 is 10.6 Å². The van der Waals surface area contributed by atoms with Crippen molar-refractivity contribution in [2.24, 2.45) is 0 Å². The monoisotopic (exact) mass is 295 g/mol. The fraction of sp³-hybridized carbons (Fsp3) is 0.800. The van der Waals surface area contributed by atoms with E-state index >= 15 is 0 Å². The van der Waals surface area contributed by atoms with Crippen LogP contribution in [0.25, 0.3) is 0 Å². The largest absolute Gasteiger partial charge is 0.354 e. The van der Waals surface area contributed by atoms with Crippen LogP contribution in [0.3, 0.4) is 0 Å². The number of rotatable bonds is 8. The summed E-state index contributed by atoms with van der Waals surface area (Å²) in [5.41, 5.74) is 0.877. The number of carbonyl (C=O) groups excluding carboxylic acids is 1. The van der Waals surface area contributed by atoms with E-state index in [1.54, 1.807) is 4.68 Å². The Morgan fingerprint density at radius 3 is 2.71 bits per heavy atom. The molecule has 0 aliphatic carbocycles. The van der Waals surface area contributed by atoms with Gasteiger partial charge in [0.1, 0.15) is 6.04 Å². The smallest absolute Gasteiger partial charge is 0.244 e. The Morgan fingerprint density at radius 2 is 2.10 bits per heavy atom. The van der Waals surface area contributed by atoms with E-state index in [9.17, 15) is 4.79 Å². The summed E-state index contributed by atoms with van der Waals surface area (Å²) in [6.07, 6.45) is 5.14. The van der Waals surface area contributed by atoms with Crippen LogP contribution in [0.15, 0.2) is 6.20 Å². The van der Waals surface area contributed by atoms with Gasteiger partial charge in [-0.05, 0) is 34.1 Å². The third-order valence-electron chi connectivity index (χ3n) is 3.21. The van der Waals surface area contributed by atoms with Crippen LogP contribution in [-0.2, 0) is 11.3 Å². The highest BCUT2D eigenvalue weighted by Crippen LogP contribution is 2.06. The van der Waals surface area contributed by atoms with E-state index in [2.05, 4.69) is 48.6 Å². The van der Waals surface area contributed by atoms with Crippen LogP contribution >= 0.6 is 0 Å². The van der Waals surface area contributed by atoms with Gasteiger partial charge >= 0.3 is 0 Å². The molecule has 2 N–H and O–H groups in total. The van der Waals surface area contributed by atoms with Crippen LogP contribution in [0.1, 0.15) is 65.6 Å². The first-order valence-electron chi connectivity index (χ1n) is 7.77. The predicted molar refractivity (Wildman–Crippen MR) is 83.9 cm³/mol. The number of carbonyl (C=O) groups is 1. The van der Waals surface area contributed by atoms with Crippen molar-refractivity contribution in [2.75, 3.05) is 6.54 Å². The molecule has 1 heterocycles. The molecule has 6 heteroatoms. The topological polar surface area (TPSA) is 71.8 Å². The molecule has 1 amide bonds. The quantitative estimate of drug-likeness (QED) is 0.720. The lowest BCUT2D eigenvalue weighted by Gasteiger charge is -2.19. The van der Waals surface area contributed by atoms with Gasteiger partial charge in [0.05, 0.1) is 11.9 Å². The normalized spacial score (nSPS) is 13.2. The van der Waals surface area contributed by atoms with E-state index in [1.165, 1.54) is 0 Å². The average molecular weight is 295 g/mol. The minimum atomic E-state index is -0.331. The van der Waals surface area contributed by atoms with Gasteiger partial charge in [-0.15, -0.1) is 5.10 Å². The van der Waals surface area contributed by atoms with Gasteiger partial charge in [-0.1, -0.05) is 25.0 Å². The minimum absolute atomic E-state index is 0.00802. The van der Waals surface area contributed by atoms with Crippen LogP contribution < -0.4 is 10.6 Å². The highest BCUT2D eigenvalue weighted by Gasteiger charge is 2.17. The zero-order valence-electron chi connectivity index (χ0n) is 13.9. The Bertz CT molecular complexity index is 436. The predicted octanol–water partition coefficient (Wildman–Crippen LogP) is 2.03. The van der Waals surface area contributed by atoms with Crippen molar-refractivity contribution in [3.8, 4) is 0 Å². The summed E-state index contributed by atoms with van der Waals surface area (Å²) < 4.78 is 1.62. The molecule has 1 atom stereocenters. The lowest BCUT2D eigenvalue weighted by molar-refractivity contribution is -0.124. The third-order valence-corrected chi connectivity index (χ3v) is 3.21. The second kappa shape index (κ2) is 8.12. The fourth-order valence-corrected chi connectivity index (χ4v) is 1.79. The summed E-state index contributed by atoms with van der Waals surface area (Å²) in [7, 11) is 0. The molecule has 0 aliphatic heterocycles. The van der Waals surface area contributed by atoms with Crippen molar-refractivity contribution in [2.45, 2.75) is 72.0 Å². The molecule has 0 aliphatic rings. The summed E-state index contributed by atoms with van der Waals surface area (Å²) in [5, 5.41) is 14.4. The summed E-state index contributed by atoms with van der Waals surface area (Å²) in [6, 6.07) is -0.331. The third kappa shape index (κ3) is 6.71. The molecule has 0 bridgehead atoms. The second-order valence-electron chi connectivity index (χ2n) is 6.47. The lowest BCUT2D eigenvalue weighted by Crippen LogP contribution is -2.35. The van der Waals surface area contributed by atoms with E-state index in [4.69, 9.17) is 0 Å². The molecule has 0 radical (unpaired) electrons. The van der Waals surface area contributed by atoms with Gasteiger partial charge in [0, 0.05) is 18.6 Å². The molecule has 0 fully saturated rings. The van der Waals surface area contributed by atoms with Crippen LogP contribution in [-0.4, -0.2) is 33.0 Å². The number of nitrogens with zero attached hydrogens (tertiary/aromatic N) is 3. The molecule has 0 aromatic carbocycles. The Balaban J connectivity index is 2.45. The molecule has 0 saturated carbocycles. The van der Waals surface area contributed by atoms with E-state index < -0.39 is 0 Å². The van der Waals surface area contributed by atoms with Crippen LogP contribution in [0.2, 0.25) is 0 Å². The lowest BCUT2D eigenvalue weighted by atomic mass is 10.1. The molecular formula is C15H29N5O. The van der Waals surface area contributed by atoms with Gasteiger partial charge in [0.2, 0.25) is 5.91 Å². The average Bonchev–Trinajstić information content (AvgIpc) is 2.88. The zero-order chi connectivity index (χ0) is 15.9. The fourth-order valence-electron chi connectivity index (χ4n) is 1.79. The number of hydrogen-bond donors (Lipinski definition) is 2. The zero-order valence-corrected chi connectivity index (χ0v) is 13.9. The number of nitrogens with one attached hydrogen (secondary N) is 2. The van der Waals surface area contributed by atoms with Crippen molar-refractivity contribution in [3.63, 3.8) is 0 Å². The van der Waals surface area contributed by atoms with E-state index in [0.29, 0.717) is 6.54 Å². The van der Waals surface area contributed by atoms with Gasteiger partial charge in [-0.3, -0.25) is 4.79 Å². The molecule has 6 nitrogen and oxygen atoms in total. The number of amides is 1. The number of unbranched alkanes of at least 4 members (excludes halogenated alkanes) is 2. The van der Waals surface area contributed by atoms with Crippen LogP contribution in [0.5, 0.6) is 0 Å². The van der Waals surface area contributed by atoms with Gasteiger partial charge in [0.25, 0.3) is 0 Å². The molecule has 1 rings (SSSR count). The standard InChI is InChI=1S/C15H29N5O/c1-6-7-8-9-16-14(21)12(2)20-11-13(18-19-20)10-17-15(3,4)5/h11-12,17H,6-10H2,1-5H3,(H,16,21). The summed E-state index contributed by atoms with van der Waals surface area (Å²) >= 11 is 0. The van der Waals surface area contributed by atoms with E-state index in [1.807, 2.05) is 13.1 Å². The van der Waals surface area contributed by atoms with Crippen molar-refractivity contribution in [3.05, 3.63) is 11.9 Å². The molecular weight excluding hydrogens is 266 g/mol. The molecule has 0 saturated heterocycles. The highest BCUT2D eigenvalue weighted by atomic mass is 16.2. The Hall–Kier alpha value is -1.43. The van der Waals surface area contributed by atoms with Gasteiger partial charge in [0.15, 0.2) is 0 Å². The maximum atomic E-state index is 12.0. The molecule has 120 valence electrons. The first kappa shape index (κ1) is 17.6. The van der Waals surface area contributed by atoms with Gasteiger partial charge in [-0.25, -0.2) is 4.68 Å². The Labute approximate surface area is 127 Å². The molecule has 21 heavy (non-hydrogen) atoms. The molecule has 1 unspecified atom stereocenters. The van der Waals surface area contributed by atoms with Crippen LogP contribution in [0.4, 0.5) is 0 Å².